The van der Waals surface area contributed by atoms with Gasteiger partial charge in [0.2, 0.25) is 10.0 Å². The third-order valence-corrected chi connectivity index (χ3v) is 6.15. The van der Waals surface area contributed by atoms with Gasteiger partial charge in [0.25, 0.3) is 0 Å². The normalized spacial score (nSPS) is 22.8. The number of ether oxygens (including phenoxy) is 2. The van der Waals surface area contributed by atoms with E-state index in [2.05, 4.69) is 10.0 Å². The van der Waals surface area contributed by atoms with E-state index in [4.69, 9.17) is 9.47 Å². The van der Waals surface area contributed by atoms with Gasteiger partial charge in [-0.3, -0.25) is 0 Å². The molecule has 2 aliphatic rings. The predicted molar refractivity (Wildman–Crippen MR) is 98.6 cm³/mol. The molecule has 0 bridgehead atoms. The fraction of sp³-hybridized carbons (Fsp3) is 0.278. The number of rotatable bonds is 2. The number of nitrogens with one attached hydrogen (secondary N) is 2. The lowest BCUT2D eigenvalue weighted by atomic mass is 10.2. The first kappa shape index (κ1) is 17.6. The number of amides is 2. The summed E-state index contributed by atoms with van der Waals surface area (Å²) in [6, 6.07) is 12.6. The molecule has 2 atom stereocenters. The number of benzene rings is 2. The second-order valence-electron chi connectivity index (χ2n) is 6.39. The molecule has 0 aromatic heterocycles. The van der Waals surface area contributed by atoms with Crippen molar-refractivity contribution < 1.29 is 22.7 Å². The number of methoxy groups -OCH3 is 1. The van der Waals surface area contributed by atoms with Gasteiger partial charge in [0.15, 0.2) is 0 Å². The van der Waals surface area contributed by atoms with Crippen molar-refractivity contribution in [3.05, 3.63) is 48.5 Å². The Morgan fingerprint density at radius 3 is 2.67 bits per heavy atom. The van der Waals surface area contributed by atoms with Crippen molar-refractivity contribution in [1.82, 2.24) is 9.62 Å². The van der Waals surface area contributed by atoms with Crippen molar-refractivity contribution >= 4 is 21.7 Å². The maximum atomic E-state index is 12.6. The summed E-state index contributed by atoms with van der Waals surface area (Å²) in [4.78, 5) is 14.2. The molecule has 1 saturated heterocycles. The number of nitrogens with zero attached hydrogens (tertiary/aromatic N) is 1. The number of hydrogen-bond donors (Lipinski definition) is 2. The summed E-state index contributed by atoms with van der Waals surface area (Å²) in [6.45, 7) is 0.503. The average Bonchev–Trinajstić information content (AvgIpc) is 3.00. The van der Waals surface area contributed by atoms with Crippen LogP contribution >= 0.6 is 0 Å². The van der Waals surface area contributed by atoms with E-state index in [0.717, 1.165) is 0 Å². The largest absolute Gasteiger partial charge is 0.497 e. The molecule has 4 rings (SSSR count). The zero-order chi connectivity index (χ0) is 19.0. The van der Waals surface area contributed by atoms with Crippen LogP contribution < -0.4 is 19.5 Å². The monoisotopic (exact) mass is 389 g/mol. The second kappa shape index (κ2) is 6.75. The number of carbonyl (C=O) groups excluding carboxylic acids is 1. The van der Waals surface area contributed by atoms with Crippen molar-refractivity contribution in [3.63, 3.8) is 0 Å². The van der Waals surface area contributed by atoms with Crippen molar-refractivity contribution in [1.29, 1.82) is 0 Å². The molecule has 2 N–H and O–H groups in total. The van der Waals surface area contributed by atoms with Crippen LogP contribution in [0.15, 0.2) is 53.4 Å². The second-order valence-corrected chi connectivity index (χ2v) is 8.08. The van der Waals surface area contributed by atoms with Crippen LogP contribution in [-0.4, -0.2) is 51.7 Å². The molecule has 2 amide bonds. The van der Waals surface area contributed by atoms with E-state index in [1.165, 1.54) is 11.0 Å². The predicted octanol–water partition coefficient (Wildman–Crippen LogP) is 1.65. The van der Waals surface area contributed by atoms with E-state index in [1.807, 2.05) is 0 Å². The molecule has 1 fully saturated rings. The van der Waals surface area contributed by atoms with Gasteiger partial charge in [-0.15, -0.1) is 0 Å². The topological polar surface area (TPSA) is 97.0 Å². The Hall–Kier alpha value is -2.78. The van der Waals surface area contributed by atoms with Gasteiger partial charge in [-0.2, -0.15) is 0 Å². The van der Waals surface area contributed by atoms with Crippen molar-refractivity contribution in [2.24, 2.45) is 0 Å². The first-order valence-electron chi connectivity index (χ1n) is 8.44. The Balaban J connectivity index is 1.49. The quantitative estimate of drug-likeness (QED) is 0.814. The minimum absolute atomic E-state index is 0.119. The van der Waals surface area contributed by atoms with E-state index >= 15 is 0 Å². The molecule has 0 aliphatic carbocycles. The number of para-hydroxylation sites is 1. The van der Waals surface area contributed by atoms with Crippen LogP contribution in [0.2, 0.25) is 0 Å². The lowest BCUT2D eigenvalue weighted by molar-refractivity contribution is 0.184. The number of hydrogen-bond acceptors (Lipinski definition) is 5. The third-order valence-electron chi connectivity index (χ3n) is 4.62. The highest BCUT2D eigenvalue weighted by molar-refractivity contribution is 7.89. The molecule has 2 heterocycles. The molecule has 2 unspecified atom stereocenters. The van der Waals surface area contributed by atoms with Crippen molar-refractivity contribution in [2.75, 3.05) is 25.5 Å². The SMILES string of the molecule is COc1ccc(NC(=O)N2CC3NS(=O)(=O)c4ccccc4OC3C2)cc1. The molecule has 2 aromatic rings. The van der Waals surface area contributed by atoms with Crippen LogP contribution in [0.4, 0.5) is 10.5 Å². The van der Waals surface area contributed by atoms with Crippen LogP contribution in [0.5, 0.6) is 11.5 Å². The molecular formula is C18H19N3O5S. The Morgan fingerprint density at radius 2 is 1.93 bits per heavy atom. The van der Waals surface area contributed by atoms with E-state index in [-0.39, 0.29) is 24.0 Å². The van der Waals surface area contributed by atoms with Gasteiger partial charge in [-0.05, 0) is 36.4 Å². The van der Waals surface area contributed by atoms with Crippen LogP contribution in [0.1, 0.15) is 0 Å². The minimum atomic E-state index is -3.70. The fourth-order valence-electron chi connectivity index (χ4n) is 3.24. The van der Waals surface area contributed by atoms with E-state index < -0.39 is 22.2 Å². The summed E-state index contributed by atoms with van der Waals surface area (Å²) in [6.07, 6.45) is -0.454. The molecule has 0 saturated carbocycles. The summed E-state index contributed by atoms with van der Waals surface area (Å²) in [7, 11) is -2.12. The zero-order valence-electron chi connectivity index (χ0n) is 14.6. The third kappa shape index (κ3) is 3.43. The minimum Gasteiger partial charge on any atom is -0.497 e. The zero-order valence-corrected chi connectivity index (χ0v) is 15.4. The molecule has 0 radical (unpaired) electrons. The Morgan fingerprint density at radius 1 is 1.19 bits per heavy atom. The number of fused-ring (bicyclic) bond motifs is 2. The van der Waals surface area contributed by atoms with Gasteiger partial charge in [-0.25, -0.2) is 17.9 Å². The summed E-state index contributed by atoms with van der Waals surface area (Å²) >= 11 is 0. The number of carbonyl (C=O) groups is 1. The van der Waals surface area contributed by atoms with Gasteiger partial charge in [0, 0.05) is 12.2 Å². The summed E-state index contributed by atoms with van der Waals surface area (Å²) in [5.74, 6) is 0.993. The number of likely N-dealkylation sites (tertiary alicyclic amines) is 1. The van der Waals surface area contributed by atoms with Gasteiger partial charge in [0.05, 0.1) is 19.7 Å². The Kier molecular flexibility index (Phi) is 4.40. The maximum absolute atomic E-state index is 12.6. The van der Waals surface area contributed by atoms with Gasteiger partial charge in [-0.1, -0.05) is 12.1 Å². The summed E-state index contributed by atoms with van der Waals surface area (Å²) < 4.78 is 38.7. The molecule has 8 nitrogen and oxygen atoms in total. The van der Waals surface area contributed by atoms with Crippen molar-refractivity contribution in [3.8, 4) is 11.5 Å². The number of urea groups is 1. The molecule has 0 spiro atoms. The Bertz CT molecular complexity index is 961. The molecule has 2 aliphatic heterocycles. The van der Waals surface area contributed by atoms with Crippen LogP contribution in [0.3, 0.4) is 0 Å². The van der Waals surface area contributed by atoms with Crippen LogP contribution in [0, 0.1) is 0 Å². The lowest BCUT2D eigenvalue weighted by Crippen LogP contribution is -2.43. The highest BCUT2D eigenvalue weighted by Crippen LogP contribution is 2.30. The van der Waals surface area contributed by atoms with Crippen LogP contribution in [-0.2, 0) is 10.0 Å². The molecule has 27 heavy (non-hydrogen) atoms. The molecule has 9 heteroatoms. The summed E-state index contributed by atoms with van der Waals surface area (Å²) in [5, 5.41) is 2.80. The number of anilines is 1. The van der Waals surface area contributed by atoms with Gasteiger partial charge >= 0.3 is 6.03 Å². The van der Waals surface area contributed by atoms with E-state index in [0.29, 0.717) is 17.2 Å². The van der Waals surface area contributed by atoms with Crippen LogP contribution in [0.25, 0.3) is 0 Å². The first-order valence-corrected chi connectivity index (χ1v) is 9.92. The smallest absolute Gasteiger partial charge is 0.322 e. The Labute approximate surface area is 157 Å². The maximum Gasteiger partial charge on any atom is 0.322 e. The molecule has 2 aromatic carbocycles. The molecule has 142 valence electrons. The average molecular weight is 389 g/mol. The van der Waals surface area contributed by atoms with Gasteiger partial charge in [0.1, 0.15) is 22.5 Å². The highest BCUT2D eigenvalue weighted by Gasteiger charge is 2.42. The van der Waals surface area contributed by atoms with E-state index in [1.54, 1.807) is 49.6 Å². The lowest BCUT2D eigenvalue weighted by Gasteiger charge is -2.18. The summed E-state index contributed by atoms with van der Waals surface area (Å²) in [5.41, 5.74) is 0.625. The fourth-order valence-corrected chi connectivity index (χ4v) is 4.64. The number of sulfonamides is 1. The van der Waals surface area contributed by atoms with E-state index in [9.17, 15) is 13.2 Å². The first-order chi connectivity index (χ1) is 13.0. The standard InChI is InChI=1S/C18H19N3O5S/c1-25-13-8-6-12(7-9-13)19-18(22)21-10-14-16(11-21)26-15-4-2-3-5-17(15)27(23,24)20-14/h2-9,14,16,20H,10-11H2,1H3,(H,19,22). The highest BCUT2D eigenvalue weighted by atomic mass is 32.2. The van der Waals surface area contributed by atoms with Crippen molar-refractivity contribution in [2.45, 2.75) is 17.0 Å². The van der Waals surface area contributed by atoms with Gasteiger partial charge < -0.3 is 19.7 Å². The molecular weight excluding hydrogens is 370 g/mol.